The largest absolute Gasteiger partial charge is 0.573 e. The number of nitrogens with two attached hydrogens (primary N) is 1. The standard InChI is InChI=1S/C15H12F3NO3/c1-9-5-4-6-10(14(19)20)13(9)21-11-7-2-3-8-12(11)22-15(16,17)18/h2-8H,1H3,(H2,19,20). The molecule has 0 aliphatic rings. The molecule has 0 fully saturated rings. The number of aryl methyl sites for hydroxylation is 1. The minimum Gasteiger partial charge on any atom is -0.452 e. The van der Waals surface area contributed by atoms with Crippen molar-refractivity contribution in [1.29, 1.82) is 0 Å². The Morgan fingerprint density at radius 1 is 1.05 bits per heavy atom. The zero-order chi connectivity index (χ0) is 16.3. The van der Waals surface area contributed by atoms with Crippen molar-refractivity contribution in [2.24, 2.45) is 5.73 Å². The van der Waals surface area contributed by atoms with E-state index in [4.69, 9.17) is 10.5 Å². The summed E-state index contributed by atoms with van der Waals surface area (Å²) in [5.74, 6) is -1.33. The van der Waals surface area contributed by atoms with E-state index in [1.807, 2.05) is 0 Å². The zero-order valence-electron chi connectivity index (χ0n) is 11.5. The molecule has 7 heteroatoms. The summed E-state index contributed by atoms with van der Waals surface area (Å²) in [5.41, 5.74) is 5.87. The number of carbonyl (C=O) groups excluding carboxylic acids is 1. The summed E-state index contributed by atoms with van der Waals surface area (Å²) in [6, 6.07) is 9.96. The third-order valence-corrected chi connectivity index (χ3v) is 2.76. The fraction of sp³-hybridized carbons (Fsp3) is 0.133. The van der Waals surface area contributed by atoms with Gasteiger partial charge in [-0.25, -0.2) is 0 Å². The molecule has 1 amide bonds. The highest BCUT2D eigenvalue weighted by Gasteiger charge is 2.32. The molecule has 0 heterocycles. The third-order valence-electron chi connectivity index (χ3n) is 2.76. The Bertz CT molecular complexity index is 699. The Labute approximate surface area is 124 Å². The van der Waals surface area contributed by atoms with E-state index < -0.39 is 18.0 Å². The Balaban J connectivity index is 2.42. The lowest BCUT2D eigenvalue weighted by molar-refractivity contribution is -0.275. The lowest BCUT2D eigenvalue weighted by Crippen LogP contribution is -2.17. The molecule has 0 unspecified atom stereocenters. The summed E-state index contributed by atoms with van der Waals surface area (Å²) < 4.78 is 46.5. The van der Waals surface area contributed by atoms with Gasteiger partial charge < -0.3 is 15.2 Å². The number of rotatable bonds is 4. The summed E-state index contributed by atoms with van der Waals surface area (Å²) in [6.07, 6.45) is -4.85. The molecule has 0 radical (unpaired) electrons. The van der Waals surface area contributed by atoms with Gasteiger partial charge in [0.1, 0.15) is 5.75 Å². The lowest BCUT2D eigenvalue weighted by Gasteiger charge is -2.16. The van der Waals surface area contributed by atoms with Crippen molar-refractivity contribution >= 4 is 5.91 Å². The molecule has 0 aliphatic carbocycles. The number of benzene rings is 2. The summed E-state index contributed by atoms with van der Waals surface area (Å²) in [7, 11) is 0. The predicted molar refractivity (Wildman–Crippen MR) is 72.9 cm³/mol. The molecule has 22 heavy (non-hydrogen) atoms. The fourth-order valence-electron chi connectivity index (χ4n) is 1.84. The van der Waals surface area contributed by atoms with E-state index in [1.165, 1.54) is 24.3 Å². The van der Waals surface area contributed by atoms with Gasteiger partial charge in [-0.2, -0.15) is 0 Å². The molecule has 116 valence electrons. The second-order valence-corrected chi connectivity index (χ2v) is 4.41. The number of hydrogen-bond acceptors (Lipinski definition) is 3. The fourth-order valence-corrected chi connectivity index (χ4v) is 1.84. The summed E-state index contributed by atoms with van der Waals surface area (Å²) in [4.78, 5) is 11.4. The number of primary amides is 1. The second kappa shape index (κ2) is 5.97. The molecular formula is C15H12F3NO3. The smallest absolute Gasteiger partial charge is 0.452 e. The molecule has 2 aromatic carbocycles. The number of ether oxygens (including phenoxy) is 2. The van der Waals surface area contributed by atoms with Crippen LogP contribution in [0.3, 0.4) is 0 Å². The number of hydrogen-bond donors (Lipinski definition) is 1. The lowest BCUT2D eigenvalue weighted by atomic mass is 10.1. The zero-order valence-corrected chi connectivity index (χ0v) is 11.5. The number of para-hydroxylation sites is 3. The maximum Gasteiger partial charge on any atom is 0.573 e. The van der Waals surface area contributed by atoms with Gasteiger partial charge in [-0.05, 0) is 30.7 Å². The number of carbonyl (C=O) groups is 1. The van der Waals surface area contributed by atoms with Crippen molar-refractivity contribution in [3.8, 4) is 17.2 Å². The first-order valence-corrected chi connectivity index (χ1v) is 6.20. The highest BCUT2D eigenvalue weighted by molar-refractivity contribution is 5.96. The second-order valence-electron chi connectivity index (χ2n) is 4.41. The van der Waals surface area contributed by atoms with Gasteiger partial charge in [0.25, 0.3) is 5.91 Å². The number of halogens is 3. The van der Waals surface area contributed by atoms with Gasteiger partial charge in [0.05, 0.1) is 5.56 Å². The van der Waals surface area contributed by atoms with Crippen LogP contribution in [-0.2, 0) is 0 Å². The van der Waals surface area contributed by atoms with Crippen molar-refractivity contribution in [2.75, 3.05) is 0 Å². The normalized spacial score (nSPS) is 11.1. The van der Waals surface area contributed by atoms with Gasteiger partial charge in [0.2, 0.25) is 0 Å². The Kier molecular flexibility index (Phi) is 4.25. The average molecular weight is 311 g/mol. The number of alkyl halides is 3. The molecule has 4 nitrogen and oxygen atoms in total. The van der Waals surface area contributed by atoms with E-state index in [0.717, 1.165) is 6.07 Å². The van der Waals surface area contributed by atoms with Crippen LogP contribution in [0.25, 0.3) is 0 Å². The minimum atomic E-state index is -4.85. The SMILES string of the molecule is Cc1cccc(C(N)=O)c1Oc1ccccc1OC(F)(F)F. The van der Waals surface area contributed by atoms with Crippen LogP contribution in [0.2, 0.25) is 0 Å². The quantitative estimate of drug-likeness (QED) is 0.934. The minimum absolute atomic E-state index is 0.0711. The van der Waals surface area contributed by atoms with Gasteiger partial charge in [-0.3, -0.25) is 4.79 Å². The van der Waals surface area contributed by atoms with Crippen LogP contribution >= 0.6 is 0 Å². The highest BCUT2D eigenvalue weighted by atomic mass is 19.4. The molecule has 0 spiro atoms. The molecule has 0 aromatic heterocycles. The average Bonchev–Trinajstić information content (AvgIpc) is 2.41. The van der Waals surface area contributed by atoms with Crippen LogP contribution < -0.4 is 15.2 Å². The molecule has 0 saturated heterocycles. The monoisotopic (exact) mass is 311 g/mol. The van der Waals surface area contributed by atoms with Gasteiger partial charge in [0, 0.05) is 0 Å². The molecule has 2 rings (SSSR count). The molecule has 0 saturated carbocycles. The Hall–Kier alpha value is -2.70. The van der Waals surface area contributed by atoms with Crippen molar-refractivity contribution in [2.45, 2.75) is 13.3 Å². The maximum absolute atomic E-state index is 12.4. The van der Waals surface area contributed by atoms with Crippen LogP contribution in [0.15, 0.2) is 42.5 Å². The van der Waals surface area contributed by atoms with Crippen molar-refractivity contribution in [1.82, 2.24) is 0 Å². The van der Waals surface area contributed by atoms with Crippen LogP contribution in [0.5, 0.6) is 17.2 Å². The van der Waals surface area contributed by atoms with Gasteiger partial charge in [-0.15, -0.1) is 13.2 Å². The molecule has 0 bridgehead atoms. The molecule has 2 aromatic rings. The van der Waals surface area contributed by atoms with Crippen LogP contribution in [0.4, 0.5) is 13.2 Å². The van der Waals surface area contributed by atoms with Gasteiger partial charge >= 0.3 is 6.36 Å². The first-order chi connectivity index (χ1) is 10.3. The van der Waals surface area contributed by atoms with Crippen LogP contribution in [-0.4, -0.2) is 12.3 Å². The molecule has 2 N–H and O–H groups in total. The predicted octanol–water partition coefficient (Wildman–Crippen LogP) is 3.78. The van der Waals surface area contributed by atoms with E-state index in [9.17, 15) is 18.0 Å². The van der Waals surface area contributed by atoms with Crippen molar-refractivity contribution in [3.05, 3.63) is 53.6 Å². The third kappa shape index (κ3) is 3.69. The topological polar surface area (TPSA) is 61.6 Å². The summed E-state index contributed by atoms with van der Waals surface area (Å²) >= 11 is 0. The summed E-state index contributed by atoms with van der Waals surface area (Å²) in [6.45, 7) is 1.65. The van der Waals surface area contributed by atoms with E-state index in [2.05, 4.69) is 4.74 Å². The van der Waals surface area contributed by atoms with E-state index in [1.54, 1.807) is 19.1 Å². The van der Waals surface area contributed by atoms with Gasteiger partial charge in [-0.1, -0.05) is 24.3 Å². The van der Waals surface area contributed by atoms with E-state index >= 15 is 0 Å². The number of amides is 1. The van der Waals surface area contributed by atoms with Crippen LogP contribution in [0.1, 0.15) is 15.9 Å². The van der Waals surface area contributed by atoms with E-state index in [-0.39, 0.29) is 17.1 Å². The van der Waals surface area contributed by atoms with E-state index in [0.29, 0.717) is 5.56 Å². The first kappa shape index (κ1) is 15.7. The highest BCUT2D eigenvalue weighted by Crippen LogP contribution is 2.37. The molecule has 0 atom stereocenters. The molecule has 0 aliphatic heterocycles. The Morgan fingerprint density at radius 2 is 1.68 bits per heavy atom. The first-order valence-electron chi connectivity index (χ1n) is 6.20. The van der Waals surface area contributed by atoms with Gasteiger partial charge in [0.15, 0.2) is 11.5 Å². The maximum atomic E-state index is 12.4. The van der Waals surface area contributed by atoms with Crippen molar-refractivity contribution in [3.63, 3.8) is 0 Å². The van der Waals surface area contributed by atoms with Crippen LogP contribution in [0, 0.1) is 6.92 Å². The van der Waals surface area contributed by atoms with Crippen molar-refractivity contribution < 1.29 is 27.4 Å². The molecular weight excluding hydrogens is 299 g/mol. The Morgan fingerprint density at radius 3 is 2.27 bits per heavy atom. The summed E-state index contributed by atoms with van der Waals surface area (Å²) in [5, 5.41) is 0.